The van der Waals surface area contributed by atoms with Crippen LogP contribution < -0.4 is 5.46 Å². The fourth-order valence-electron chi connectivity index (χ4n) is 1.70. The van der Waals surface area contributed by atoms with Crippen molar-refractivity contribution in [2.24, 2.45) is 0 Å². The van der Waals surface area contributed by atoms with Gasteiger partial charge in [-0.2, -0.15) is 0 Å². The van der Waals surface area contributed by atoms with Crippen LogP contribution in [0.25, 0.3) is 0 Å². The van der Waals surface area contributed by atoms with Crippen LogP contribution in [0.4, 0.5) is 4.39 Å². The van der Waals surface area contributed by atoms with Crippen LogP contribution in [-0.4, -0.2) is 23.4 Å². The Hall–Kier alpha value is -0.775. The molecule has 18 heavy (non-hydrogen) atoms. The van der Waals surface area contributed by atoms with E-state index in [1.165, 1.54) is 6.07 Å². The molecule has 1 aliphatic heterocycles. The van der Waals surface area contributed by atoms with Crippen LogP contribution in [0.2, 0.25) is 5.02 Å². The number of aromatic hydroxyl groups is 1. The second kappa shape index (κ2) is 4.12. The van der Waals surface area contributed by atoms with Gasteiger partial charge in [-0.05, 0) is 39.8 Å². The molecule has 0 bridgehead atoms. The molecule has 3 nitrogen and oxygen atoms in total. The van der Waals surface area contributed by atoms with Gasteiger partial charge < -0.3 is 14.4 Å². The molecule has 0 atom stereocenters. The minimum atomic E-state index is -0.849. The zero-order valence-corrected chi connectivity index (χ0v) is 11.5. The van der Waals surface area contributed by atoms with Gasteiger partial charge in [0.25, 0.3) is 0 Å². The number of halogens is 2. The van der Waals surface area contributed by atoms with E-state index in [2.05, 4.69) is 0 Å². The second-order valence-corrected chi connectivity index (χ2v) is 5.82. The van der Waals surface area contributed by atoms with Gasteiger partial charge in [-0.25, -0.2) is 4.39 Å². The van der Waals surface area contributed by atoms with Gasteiger partial charge in [0.05, 0.1) is 16.2 Å². The molecule has 0 spiro atoms. The summed E-state index contributed by atoms with van der Waals surface area (Å²) >= 11 is 5.63. The van der Waals surface area contributed by atoms with Crippen molar-refractivity contribution >= 4 is 24.2 Å². The summed E-state index contributed by atoms with van der Waals surface area (Å²) in [4.78, 5) is 0. The number of phenolic OH excluding ortho intramolecular Hbond substituents is 1. The molecular formula is C12H15BClFO3. The monoisotopic (exact) mass is 272 g/mol. The molecule has 0 amide bonds. The number of phenols is 1. The summed E-state index contributed by atoms with van der Waals surface area (Å²) in [7, 11) is -0.849. The van der Waals surface area contributed by atoms with Crippen LogP contribution in [-0.2, 0) is 9.31 Å². The third-order valence-corrected chi connectivity index (χ3v) is 3.88. The molecule has 0 unspecified atom stereocenters. The zero-order chi connectivity index (χ0) is 13.7. The smallest absolute Gasteiger partial charge is 0.497 e. The van der Waals surface area contributed by atoms with E-state index in [4.69, 9.17) is 20.9 Å². The van der Waals surface area contributed by atoms with Gasteiger partial charge in [-0.1, -0.05) is 11.6 Å². The molecule has 1 aromatic rings. The lowest BCUT2D eigenvalue weighted by molar-refractivity contribution is 0.00578. The summed E-state index contributed by atoms with van der Waals surface area (Å²) in [6.45, 7) is 7.50. The van der Waals surface area contributed by atoms with E-state index in [-0.39, 0.29) is 16.2 Å². The Labute approximate surface area is 111 Å². The first kappa shape index (κ1) is 13.7. The number of rotatable bonds is 1. The Morgan fingerprint density at radius 3 is 2.17 bits per heavy atom. The standard InChI is InChI=1S/C12H15BClFO3/c1-11(2)12(3,4)18-13(17-11)7-5-10(16)8(14)6-9(7)15/h5-6,16H,1-4H3. The van der Waals surface area contributed by atoms with Crippen LogP contribution in [0.15, 0.2) is 12.1 Å². The van der Waals surface area contributed by atoms with E-state index in [9.17, 15) is 9.50 Å². The van der Waals surface area contributed by atoms with Gasteiger partial charge in [0.15, 0.2) is 0 Å². The summed E-state index contributed by atoms with van der Waals surface area (Å²) in [6, 6.07) is 2.29. The molecule has 1 aromatic carbocycles. The van der Waals surface area contributed by atoms with Crippen molar-refractivity contribution in [3.63, 3.8) is 0 Å². The molecule has 2 rings (SSSR count). The lowest BCUT2D eigenvalue weighted by atomic mass is 9.78. The second-order valence-electron chi connectivity index (χ2n) is 5.41. The topological polar surface area (TPSA) is 38.7 Å². The maximum absolute atomic E-state index is 13.8. The average Bonchev–Trinajstić information content (AvgIpc) is 2.42. The molecular weight excluding hydrogens is 257 g/mol. The van der Waals surface area contributed by atoms with Crippen molar-refractivity contribution in [1.29, 1.82) is 0 Å². The maximum Gasteiger partial charge on any atom is 0.497 e. The highest BCUT2D eigenvalue weighted by atomic mass is 35.5. The van der Waals surface area contributed by atoms with Crippen molar-refractivity contribution < 1.29 is 18.8 Å². The van der Waals surface area contributed by atoms with Gasteiger partial charge in [-0.3, -0.25) is 0 Å². The van der Waals surface area contributed by atoms with Gasteiger partial charge in [0.1, 0.15) is 11.6 Å². The predicted octanol–water partition coefficient (Wildman–Crippen LogP) is 2.48. The molecule has 0 aromatic heterocycles. The fourth-order valence-corrected chi connectivity index (χ4v) is 1.85. The Morgan fingerprint density at radius 2 is 1.67 bits per heavy atom. The first-order valence-corrected chi connectivity index (χ1v) is 6.05. The van der Waals surface area contributed by atoms with Crippen molar-refractivity contribution in [2.45, 2.75) is 38.9 Å². The van der Waals surface area contributed by atoms with Gasteiger partial charge in [0, 0.05) is 5.46 Å². The molecule has 1 heterocycles. The van der Waals surface area contributed by atoms with Crippen LogP contribution in [0, 0.1) is 5.82 Å². The van der Waals surface area contributed by atoms with Gasteiger partial charge >= 0.3 is 7.12 Å². The molecule has 6 heteroatoms. The van der Waals surface area contributed by atoms with Crippen LogP contribution in [0.3, 0.4) is 0 Å². The Morgan fingerprint density at radius 1 is 1.17 bits per heavy atom. The summed E-state index contributed by atoms with van der Waals surface area (Å²) in [5.74, 6) is -0.751. The summed E-state index contributed by atoms with van der Waals surface area (Å²) in [5, 5.41) is 9.50. The van der Waals surface area contributed by atoms with Crippen LogP contribution in [0.1, 0.15) is 27.7 Å². The Bertz CT molecular complexity index is 474. The summed E-state index contributed by atoms with van der Waals surface area (Å²) in [5.41, 5.74) is -0.964. The number of hydrogen-bond acceptors (Lipinski definition) is 3. The van der Waals surface area contributed by atoms with E-state index < -0.39 is 24.1 Å². The molecule has 1 N–H and O–H groups in total. The molecule has 1 saturated heterocycles. The molecule has 0 radical (unpaired) electrons. The van der Waals surface area contributed by atoms with Gasteiger partial charge in [0.2, 0.25) is 0 Å². The minimum Gasteiger partial charge on any atom is -0.506 e. The van der Waals surface area contributed by atoms with Crippen LogP contribution >= 0.6 is 11.6 Å². The average molecular weight is 273 g/mol. The molecule has 0 saturated carbocycles. The Kier molecular flexibility index (Phi) is 3.12. The number of hydrogen-bond donors (Lipinski definition) is 1. The number of benzene rings is 1. The van der Waals surface area contributed by atoms with E-state index in [0.29, 0.717) is 0 Å². The van der Waals surface area contributed by atoms with Gasteiger partial charge in [-0.15, -0.1) is 0 Å². The first-order valence-electron chi connectivity index (χ1n) is 5.67. The van der Waals surface area contributed by atoms with E-state index in [0.717, 1.165) is 6.07 Å². The highest BCUT2D eigenvalue weighted by Crippen LogP contribution is 2.37. The van der Waals surface area contributed by atoms with Crippen molar-refractivity contribution in [3.05, 3.63) is 23.0 Å². The third kappa shape index (κ3) is 2.11. The maximum atomic E-state index is 13.8. The molecule has 1 aliphatic rings. The normalized spacial score (nSPS) is 21.3. The Balaban J connectivity index is 2.38. The largest absolute Gasteiger partial charge is 0.506 e. The predicted molar refractivity (Wildman–Crippen MR) is 68.8 cm³/mol. The summed E-state index contributed by atoms with van der Waals surface area (Å²) in [6.07, 6.45) is 0. The third-order valence-electron chi connectivity index (χ3n) is 3.57. The fraction of sp³-hybridized carbons (Fsp3) is 0.500. The first-order chi connectivity index (χ1) is 8.14. The van der Waals surface area contributed by atoms with E-state index in [1.807, 2.05) is 27.7 Å². The zero-order valence-electron chi connectivity index (χ0n) is 10.8. The van der Waals surface area contributed by atoms with Crippen molar-refractivity contribution in [2.75, 3.05) is 0 Å². The minimum absolute atomic E-state index is 0.0345. The highest BCUT2D eigenvalue weighted by molar-refractivity contribution is 6.62. The van der Waals surface area contributed by atoms with Crippen LogP contribution in [0.5, 0.6) is 5.75 Å². The lowest BCUT2D eigenvalue weighted by Gasteiger charge is -2.32. The quantitative estimate of drug-likeness (QED) is 0.798. The highest BCUT2D eigenvalue weighted by Gasteiger charge is 2.52. The molecule has 1 fully saturated rings. The SMILES string of the molecule is CC1(C)OB(c2cc(O)c(Cl)cc2F)OC1(C)C. The van der Waals surface area contributed by atoms with Crippen molar-refractivity contribution in [1.82, 2.24) is 0 Å². The van der Waals surface area contributed by atoms with E-state index >= 15 is 0 Å². The van der Waals surface area contributed by atoms with E-state index in [1.54, 1.807) is 0 Å². The van der Waals surface area contributed by atoms with Crippen molar-refractivity contribution in [3.8, 4) is 5.75 Å². The molecule has 98 valence electrons. The lowest BCUT2D eigenvalue weighted by Crippen LogP contribution is -2.41. The summed E-state index contributed by atoms with van der Waals surface area (Å²) < 4.78 is 25.2. The molecule has 0 aliphatic carbocycles.